The fourth-order valence-electron chi connectivity index (χ4n) is 3.36. The summed E-state index contributed by atoms with van der Waals surface area (Å²) in [7, 11) is 3.42. The number of nitrogens with zero attached hydrogens (tertiary/aromatic N) is 1. The lowest BCUT2D eigenvalue weighted by Gasteiger charge is -2.12. The van der Waals surface area contributed by atoms with E-state index in [9.17, 15) is 27.6 Å². The Balaban J connectivity index is 1.52. The Morgan fingerprint density at radius 3 is 2.16 bits per heavy atom. The fourth-order valence-corrected chi connectivity index (χ4v) is 3.36. The number of amides is 3. The first-order valence-corrected chi connectivity index (χ1v) is 11.4. The number of benzene rings is 3. The molecule has 0 aliphatic rings. The van der Waals surface area contributed by atoms with Crippen molar-refractivity contribution in [2.75, 3.05) is 36.6 Å². The lowest BCUT2D eigenvalue weighted by Crippen LogP contribution is -2.22. The molecule has 194 valence electrons. The van der Waals surface area contributed by atoms with Crippen LogP contribution in [-0.4, -0.2) is 43.3 Å². The zero-order chi connectivity index (χ0) is 27.0. The summed E-state index contributed by atoms with van der Waals surface area (Å²) in [5.74, 6) is -0.852. The first-order valence-electron chi connectivity index (χ1n) is 11.4. The summed E-state index contributed by atoms with van der Waals surface area (Å²) in [6.07, 6.45) is -3.51. The molecule has 0 aliphatic heterocycles. The lowest BCUT2D eigenvalue weighted by atomic mass is 10.1. The van der Waals surface area contributed by atoms with Gasteiger partial charge in [0.2, 0.25) is 11.8 Å². The number of anilines is 3. The first kappa shape index (κ1) is 27.3. The van der Waals surface area contributed by atoms with Crippen LogP contribution in [0.2, 0.25) is 0 Å². The number of rotatable bonds is 9. The number of hydrogen-bond donors (Lipinski definition) is 3. The maximum absolute atomic E-state index is 12.9. The van der Waals surface area contributed by atoms with E-state index in [-0.39, 0.29) is 29.6 Å². The number of alkyl halides is 3. The number of hydrogen-bond acceptors (Lipinski definition) is 4. The molecule has 3 aromatic carbocycles. The van der Waals surface area contributed by atoms with Crippen LogP contribution in [0.4, 0.5) is 30.2 Å². The largest absolute Gasteiger partial charge is 0.416 e. The van der Waals surface area contributed by atoms with Crippen LogP contribution in [0.3, 0.4) is 0 Å². The minimum absolute atomic E-state index is 0.0212. The van der Waals surface area contributed by atoms with Gasteiger partial charge in [-0.15, -0.1) is 0 Å². The van der Waals surface area contributed by atoms with Gasteiger partial charge < -0.3 is 20.9 Å². The molecule has 0 spiro atoms. The molecule has 0 radical (unpaired) electrons. The molecule has 0 saturated heterocycles. The van der Waals surface area contributed by atoms with E-state index in [1.807, 2.05) is 12.1 Å². The third-order valence-electron chi connectivity index (χ3n) is 5.39. The molecule has 0 fully saturated rings. The average Bonchev–Trinajstić information content (AvgIpc) is 2.86. The molecule has 0 saturated carbocycles. The molecule has 10 heteroatoms. The van der Waals surface area contributed by atoms with Gasteiger partial charge in [-0.25, -0.2) is 0 Å². The summed E-state index contributed by atoms with van der Waals surface area (Å²) in [6, 6.07) is 17.9. The van der Waals surface area contributed by atoms with Crippen molar-refractivity contribution in [1.29, 1.82) is 0 Å². The topological polar surface area (TPSA) is 90.5 Å². The number of halogens is 3. The van der Waals surface area contributed by atoms with Gasteiger partial charge in [0.1, 0.15) is 0 Å². The van der Waals surface area contributed by atoms with E-state index in [4.69, 9.17) is 0 Å². The van der Waals surface area contributed by atoms with Crippen molar-refractivity contribution in [2.45, 2.75) is 19.0 Å². The van der Waals surface area contributed by atoms with E-state index in [0.29, 0.717) is 24.2 Å². The highest BCUT2D eigenvalue weighted by Gasteiger charge is 2.30. The van der Waals surface area contributed by atoms with Gasteiger partial charge in [-0.1, -0.05) is 24.3 Å². The van der Waals surface area contributed by atoms with Crippen molar-refractivity contribution in [2.24, 2.45) is 0 Å². The van der Waals surface area contributed by atoms with E-state index >= 15 is 0 Å². The summed E-state index contributed by atoms with van der Waals surface area (Å²) in [4.78, 5) is 38.1. The average molecular weight is 513 g/mol. The van der Waals surface area contributed by atoms with Crippen molar-refractivity contribution in [3.63, 3.8) is 0 Å². The second-order valence-electron chi connectivity index (χ2n) is 8.50. The fraction of sp³-hybridized carbons (Fsp3) is 0.222. The predicted octanol–water partition coefficient (Wildman–Crippen LogP) is 5.03. The Morgan fingerprint density at radius 1 is 0.811 bits per heavy atom. The SMILES string of the molecule is CN(C)C(=O)CCc1ccc(NC(=O)CNc2cccc(C(=O)Nc3cccc(C(F)(F)F)c3)c2)cc1. The van der Waals surface area contributed by atoms with E-state index < -0.39 is 17.6 Å². The van der Waals surface area contributed by atoms with E-state index in [1.54, 1.807) is 43.3 Å². The van der Waals surface area contributed by atoms with Crippen LogP contribution in [0.25, 0.3) is 0 Å². The van der Waals surface area contributed by atoms with Gasteiger partial charge in [0, 0.05) is 43.1 Å². The summed E-state index contributed by atoms with van der Waals surface area (Å²) < 4.78 is 38.7. The second kappa shape index (κ2) is 12.1. The maximum atomic E-state index is 12.9. The van der Waals surface area contributed by atoms with Gasteiger partial charge in [-0.3, -0.25) is 14.4 Å². The molecule has 7 nitrogen and oxygen atoms in total. The van der Waals surface area contributed by atoms with Crippen molar-refractivity contribution < 1.29 is 27.6 Å². The highest BCUT2D eigenvalue weighted by atomic mass is 19.4. The molecule has 0 aromatic heterocycles. The Kier molecular flexibility index (Phi) is 8.89. The number of nitrogens with one attached hydrogen (secondary N) is 3. The van der Waals surface area contributed by atoms with Crippen LogP contribution >= 0.6 is 0 Å². The van der Waals surface area contributed by atoms with Crippen LogP contribution in [0.15, 0.2) is 72.8 Å². The summed E-state index contributed by atoms with van der Waals surface area (Å²) in [5.41, 5.74) is 1.45. The van der Waals surface area contributed by atoms with Gasteiger partial charge in [0.05, 0.1) is 12.1 Å². The standard InChI is InChI=1S/C27H27F3N4O3/c1-34(2)25(36)14-11-18-9-12-21(13-10-18)32-24(35)17-31-22-7-3-5-19(15-22)26(37)33-23-8-4-6-20(16-23)27(28,29)30/h3-10,12-13,15-16,31H,11,14,17H2,1-2H3,(H,32,35)(H,33,37). The van der Waals surface area contributed by atoms with Crippen LogP contribution in [0, 0.1) is 0 Å². The smallest absolute Gasteiger partial charge is 0.376 e. The van der Waals surface area contributed by atoms with E-state index in [0.717, 1.165) is 17.7 Å². The van der Waals surface area contributed by atoms with Crippen molar-refractivity contribution in [1.82, 2.24) is 4.90 Å². The molecule has 3 N–H and O–H groups in total. The van der Waals surface area contributed by atoms with Gasteiger partial charge >= 0.3 is 6.18 Å². The molecule has 3 amide bonds. The highest BCUT2D eigenvalue weighted by Crippen LogP contribution is 2.30. The third-order valence-corrected chi connectivity index (χ3v) is 5.39. The normalized spacial score (nSPS) is 10.9. The predicted molar refractivity (Wildman–Crippen MR) is 136 cm³/mol. The Hall–Kier alpha value is -4.34. The molecule has 3 rings (SSSR count). The monoisotopic (exact) mass is 512 g/mol. The maximum Gasteiger partial charge on any atom is 0.416 e. The molecule has 37 heavy (non-hydrogen) atoms. The summed E-state index contributed by atoms with van der Waals surface area (Å²) in [5, 5.41) is 8.14. The van der Waals surface area contributed by atoms with Crippen molar-refractivity contribution in [3.8, 4) is 0 Å². The van der Waals surface area contributed by atoms with Crippen molar-refractivity contribution >= 4 is 34.8 Å². The Bertz CT molecular complexity index is 1260. The number of aryl methyl sites for hydroxylation is 1. The molecule has 3 aromatic rings. The first-order chi connectivity index (χ1) is 17.5. The molecule has 0 heterocycles. The minimum Gasteiger partial charge on any atom is -0.376 e. The minimum atomic E-state index is -4.51. The summed E-state index contributed by atoms with van der Waals surface area (Å²) >= 11 is 0. The quantitative estimate of drug-likeness (QED) is 0.375. The zero-order valence-corrected chi connectivity index (χ0v) is 20.4. The Labute approximate surface area is 212 Å². The van der Waals surface area contributed by atoms with Gasteiger partial charge in [-0.05, 0) is 60.5 Å². The second-order valence-corrected chi connectivity index (χ2v) is 8.50. The van der Waals surface area contributed by atoms with E-state index in [1.165, 1.54) is 24.3 Å². The Morgan fingerprint density at radius 2 is 1.49 bits per heavy atom. The molecule has 0 aliphatic carbocycles. The van der Waals surface area contributed by atoms with E-state index in [2.05, 4.69) is 16.0 Å². The highest BCUT2D eigenvalue weighted by molar-refractivity contribution is 6.05. The van der Waals surface area contributed by atoms with Crippen LogP contribution in [-0.2, 0) is 22.2 Å². The molecular formula is C27H27F3N4O3. The summed E-state index contributed by atoms with van der Waals surface area (Å²) in [6.45, 7) is -0.0716. The molecular weight excluding hydrogens is 485 g/mol. The molecule has 0 bridgehead atoms. The lowest BCUT2D eigenvalue weighted by molar-refractivity contribution is -0.137. The molecule has 0 atom stereocenters. The van der Waals surface area contributed by atoms with Crippen LogP contribution in [0.5, 0.6) is 0 Å². The zero-order valence-electron chi connectivity index (χ0n) is 20.4. The third kappa shape index (κ3) is 8.38. The van der Waals surface area contributed by atoms with Gasteiger partial charge in [0.15, 0.2) is 0 Å². The van der Waals surface area contributed by atoms with Crippen LogP contribution < -0.4 is 16.0 Å². The number of carbonyl (C=O) groups is 3. The van der Waals surface area contributed by atoms with Crippen LogP contribution in [0.1, 0.15) is 27.9 Å². The van der Waals surface area contributed by atoms with Gasteiger partial charge in [-0.2, -0.15) is 13.2 Å². The van der Waals surface area contributed by atoms with Gasteiger partial charge in [0.25, 0.3) is 5.91 Å². The molecule has 0 unspecified atom stereocenters. The number of carbonyl (C=O) groups excluding carboxylic acids is 3. The van der Waals surface area contributed by atoms with Crippen molar-refractivity contribution in [3.05, 3.63) is 89.5 Å².